The molecule has 0 amide bonds. The van der Waals surface area contributed by atoms with Crippen LogP contribution >= 0.6 is 46.4 Å². The molecule has 0 saturated heterocycles. The van der Waals surface area contributed by atoms with Crippen LogP contribution in [0.5, 0.6) is 0 Å². The van der Waals surface area contributed by atoms with E-state index in [9.17, 15) is 10.5 Å². The van der Waals surface area contributed by atoms with E-state index in [-0.39, 0.29) is 23.7 Å². The van der Waals surface area contributed by atoms with Crippen LogP contribution in [0.15, 0.2) is 0 Å². The second-order valence-corrected chi connectivity index (χ2v) is 7.92. The Labute approximate surface area is 155 Å². The Hall–Kier alpha value is -0.880. The molecule has 0 aromatic carbocycles. The molecule has 0 aromatic rings. The summed E-state index contributed by atoms with van der Waals surface area (Å²) in [6, 6.07) is 2.20. The average molecular weight is 390 g/mol. The lowest BCUT2D eigenvalue weighted by Gasteiger charge is -2.43. The summed E-state index contributed by atoms with van der Waals surface area (Å²) >= 11 is 25.6. The van der Waals surface area contributed by atoms with Crippen molar-refractivity contribution >= 4 is 46.4 Å². The highest BCUT2D eigenvalue weighted by Gasteiger charge is 2.62. The minimum absolute atomic E-state index is 0.307. The third kappa shape index (κ3) is 2.95. The van der Waals surface area contributed by atoms with Gasteiger partial charge in [0, 0.05) is 0 Å². The topological polar surface area (TPSA) is 56.3 Å². The predicted molar refractivity (Wildman–Crippen MR) is 89.1 cm³/mol. The summed E-state index contributed by atoms with van der Waals surface area (Å²) in [5.41, 5.74) is 0. The first-order chi connectivity index (χ1) is 10.9. The highest BCUT2D eigenvalue weighted by atomic mass is 35.5. The first-order valence-corrected chi connectivity index (χ1v) is 8.76. The first-order valence-electron chi connectivity index (χ1n) is 7.01. The second-order valence-electron chi connectivity index (χ2n) is 5.90. The van der Waals surface area contributed by atoms with Crippen LogP contribution in [0.1, 0.15) is 6.42 Å². The van der Waals surface area contributed by atoms with Gasteiger partial charge in [0.2, 0.25) is 0 Å². The van der Waals surface area contributed by atoms with Crippen molar-refractivity contribution in [3.8, 4) is 12.1 Å². The third-order valence-electron chi connectivity index (χ3n) is 4.98. The molecule has 10 unspecified atom stereocenters. The molecule has 0 aromatic heterocycles. The van der Waals surface area contributed by atoms with E-state index < -0.39 is 33.6 Å². The van der Waals surface area contributed by atoms with Crippen LogP contribution in [0.3, 0.4) is 0 Å². The SMILES string of the molecule is [C-]#[N+]C(C#N)C1CC(C(C#N)[N+]#[C-])C2C(Cl)C(Cl)C(Cl)C(Cl)C12. The molecule has 0 radical (unpaired) electrons. The molecule has 10 atom stereocenters. The van der Waals surface area contributed by atoms with Gasteiger partial charge in [0.15, 0.2) is 12.1 Å². The van der Waals surface area contributed by atoms with Crippen molar-refractivity contribution in [2.75, 3.05) is 0 Å². The molecule has 0 aliphatic heterocycles. The number of nitrogens with zero attached hydrogens (tertiary/aromatic N) is 4. The molecule has 0 spiro atoms. The summed E-state index contributed by atoms with van der Waals surface area (Å²) < 4.78 is 0. The van der Waals surface area contributed by atoms with Crippen molar-refractivity contribution in [1.82, 2.24) is 0 Å². The summed E-state index contributed by atoms with van der Waals surface area (Å²) in [5, 5.41) is 16.2. The maximum Gasteiger partial charge on any atom is 0.310 e. The van der Waals surface area contributed by atoms with Gasteiger partial charge in [-0.15, -0.1) is 46.4 Å². The van der Waals surface area contributed by atoms with Gasteiger partial charge < -0.3 is 0 Å². The van der Waals surface area contributed by atoms with Crippen molar-refractivity contribution in [2.45, 2.75) is 40.0 Å². The molecule has 8 heteroatoms. The molecule has 2 aliphatic rings. The number of alkyl halides is 4. The number of nitriles is 2. The number of hydrogen-bond donors (Lipinski definition) is 0. The van der Waals surface area contributed by atoms with Crippen LogP contribution in [0.4, 0.5) is 0 Å². The zero-order chi connectivity index (χ0) is 17.3. The molecular weight excluding hydrogens is 378 g/mol. The fourth-order valence-electron chi connectivity index (χ4n) is 3.99. The lowest BCUT2D eigenvalue weighted by atomic mass is 9.72. The van der Waals surface area contributed by atoms with Crippen LogP contribution in [-0.4, -0.2) is 33.6 Å². The van der Waals surface area contributed by atoms with Crippen molar-refractivity contribution in [2.24, 2.45) is 23.7 Å². The fraction of sp³-hybridized carbons (Fsp3) is 0.733. The van der Waals surface area contributed by atoms with Gasteiger partial charge in [-0.3, -0.25) is 9.69 Å². The lowest BCUT2D eigenvalue weighted by molar-refractivity contribution is 0.216. The first kappa shape index (κ1) is 18.5. The van der Waals surface area contributed by atoms with Gasteiger partial charge in [0.25, 0.3) is 0 Å². The summed E-state index contributed by atoms with van der Waals surface area (Å²) in [4.78, 5) is 6.76. The third-order valence-corrected chi connectivity index (χ3v) is 7.58. The highest BCUT2D eigenvalue weighted by molar-refractivity contribution is 6.38. The molecule has 0 bridgehead atoms. The van der Waals surface area contributed by atoms with Crippen LogP contribution in [0, 0.1) is 59.5 Å². The Morgan fingerprint density at radius 2 is 1.13 bits per heavy atom. The Morgan fingerprint density at radius 1 is 0.783 bits per heavy atom. The van der Waals surface area contributed by atoms with E-state index in [4.69, 9.17) is 59.5 Å². The average Bonchev–Trinajstić information content (AvgIpc) is 2.94. The standard InChI is InChI=1S/C15H12Cl4N4/c1-22-8(4-20)6-3-7(9(5-21)23-2)11-10(6)12(16)14(18)15(19)13(11)17/h6-15H,3H2. The Morgan fingerprint density at radius 3 is 1.39 bits per heavy atom. The van der Waals surface area contributed by atoms with Gasteiger partial charge >= 0.3 is 12.1 Å². The van der Waals surface area contributed by atoms with Crippen molar-refractivity contribution in [3.05, 3.63) is 22.8 Å². The maximum atomic E-state index is 9.26. The number of rotatable bonds is 2. The minimum Gasteiger partial charge on any atom is -0.297 e. The van der Waals surface area contributed by atoms with E-state index in [1.165, 1.54) is 0 Å². The van der Waals surface area contributed by atoms with Gasteiger partial charge in [0.05, 0.1) is 33.3 Å². The number of hydrogen-bond acceptors (Lipinski definition) is 2. The molecule has 4 nitrogen and oxygen atoms in total. The van der Waals surface area contributed by atoms with Gasteiger partial charge in [0.1, 0.15) is 0 Å². The second kappa shape index (κ2) is 7.34. The van der Waals surface area contributed by atoms with Gasteiger partial charge in [-0.05, 0) is 18.3 Å². The van der Waals surface area contributed by atoms with Crippen molar-refractivity contribution in [3.63, 3.8) is 0 Å². The molecule has 2 aliphatic carbocycles. The van der Waals surface area contributed by atoms with E-state index in [0.29, 0.717) is 6.42 Å². The van der Waals surface area contributed by atoms with Crippen LogP contribution in [0.25, 0.3) is 9.69 Å². The summed E-state index contributed by atoms with van der Waals surface area (Å²) in [5.74, 6) is -1.34. The Bertz CT molecular complexity index is 545. The molecule has 0 N–H and O–H groups in total. The van der Waals surface area contributed by atoms with Gasteiger partial charge in [-0.1, -0.05) is 0 Å². The van der Waals surface area contributed by atoms with Crippen LogP contribution < -0.4 is 0 Å². The highest BCUT2D eigenvalue weighted by Crippen LogP contribution is 2.57. The molecular formula is C15H12Cl4N4. The van der Waals surface area contributed by atoms with E-state index in [2.05, 4.69) is 9.69 Å². The molecule has 2 fully saturated rings. The zero-order valence-electron chi connectivity index (χ0n) is 11.8. The largest absolute Gasteiger partial charge is 0.310 e. The molecule has 0 heterocycles. The van der Waals surface area contributed by atoms with E-state index in [1.54, 1.807) is 0 Å². The number of halogens is 4. The molecule has 2 saturated carbocycles. The monoisotopic (exact) mass is 388 g/mol. The minimum atomic E-state index is -0.890. The van der Waals surface area contributed by atoms with Crippen molar-refractivity contribution in [1.29, 1.82) is 10.5 Å². The summed E-state index contributed by atoms with van der Waals surface area (Å²) in [6.07, 6.45) is 0.385. The maximum absolute atomic E-state index is 9.26. The molecule has 23 heavy (non-hydrogen) atoms. The fourth-order valence-corrected chi connectivity index (χ4v) is 5.81. The molecule has 120 valence electrons. The van der Waals surface area contributed by atoms with Gasteiger partial charge in [-0.2, -0.15) is 10.5 Å². The smallest absolute Gasteiger partial charge is 0.297 e. The zero-order valence-corrected chi connectivity index (χ0v) is 14.8. The van der Waals surface area contributed by atoms with Crippen LogP contribution in [-0.2, 0) is 0 Å². The Kier molecular flexibility index (Phi) is 5.89. The van der Waals surface area contributed by atoms with Crippen LogP contribution in [0.2, 0.25) is 0 Å². The quantitative estimate of drug-likeness (QED) is 0.530. The van der Waals surface area contributed by atoms with Gasteiger partial charge in [-0.25, -0.2) is 13.1 Å². The lowest BCUT2D eigenvalue weighted by Crippen LogP contribution is -2.52. The van der Waals surface area contributed by atoms with E-state index in [1.807, 2.05) is 12.1 Å². The molecule has 2 rings (SSSR count). The Balaban J connectivity index is 2.49. The van der Waals surface area contributed by atoms with E-state index >= 15 is 0 Å². The summed E-state index contributed by atoms with van der Waals surface area (Å²) in [6.45, 7) is 14.5. The number of fused-ring (bicyclic) bond motifs is 1. The van der Waals surface area contributed by atoms with E-state index in [0.717, 1.165) is 0 Å². The predicted octanol–water partition coefficient (Wildman–Crippen LogP) is 3.92. The summed E-state index contributed by atoms with van der Waals surface area (Å²) in [7, 11) is 0. The van der Waals surface area contributed by atoms with Crippen molar-refractivity contribution < 1.29 is 0 Å². The normalized spacial score (nSPS) is 44.7.